The Kier molecular flexibility index (Phi) is 3.34. The Morgan fingerprint density at radius 3 is 2.79 bits per heavy atom. The van der Waals surface area contributed by atoms with Gasteiger partial charge in [-0.25, -0.2) is 4.79 Å². The number of hydrogen-bond acceptors (Lipinski definition) is 3. The van der Waals surface area contributed by atoms with Crippen LogP contribution in [0.1, 0.15) is 38.2 Å². The number of halogens is 3. The maximum absolute atomic E-state index is 13.1. The number of carbonyl (C=O) groups is 2. The van der Waals surface area contributed by atoms with E-state index in [-0.39, 0.29) is 23.2 Å². The molecule has 1 N–H and O–H groups in total. The van der Waals surface area contributed by atoms with Crippen molar-refractivity contribution in [1.29, 1.82) is 0 Å². The summed E-state index contributed by atoms with van der Waals surface area (Å²) in [5.74, 6) is -0.00876. The van der Waals surface area contributed by atoms with Crippen LogP contribution < -0.4 is 10.2 Å². The number of hydrogen-bond donors (Lipinski definition) is 1. The fourth-order valence-corrected chi connectivity index (χ4v) is 8.04. The zero-order valence-electron chi connectivity index (χ0n) is 15.7. The summed E-state index contributed by atoms with van der Waals surface area (Å²) < 4.78 is 1.87. The highest BCUT2D eigenvalue weighted by Crippen LogP contribution is 2.68. The van der Waals surface area contributed by atoms with Gasteiger partial charge in [0, 0.05) is 50.4 Å². The molecule has 2 spiro atoms. The molecule has 4 unspecified atom stereocenters. The smallest absolute Gasteiger partial charge is 0.318 e. The summed E-state index contributed by atoms with van der Waals surface area (Å²) in [5.41, 5.74) is 0.495. The van der Waals surface area contributed by atoms with Gasteiger partial charge in [0.1, 0.15) is 5.66 Å². The third-order valence-electron chi connectivity index (χ3n) is 7.46. The normalized spacial score (nSPS) is 37.8. The van der Waals surface area contributed by atoms with E-state index in [1.807, 2.05) is 17.0 Å². The van der Waals surface area contributed by atoms with Gasteiger partial charge in [0.25, 0.3) is 0 Å². The van der Waals surface area contributed by atoms with Crippen LogP contribution in [0.3, 0.4) is 0 Å². The number of fused-ring (bicyclic) bond motifs is 2. The summed E-state index contributed by atoms with van der Waals surface area (Å²) in [5, 5.41) is 2.89. The molecule has 5 aliphatic rings. The maximum Gasteiger partial charge on any atom is 0.343 e. The van der Waals surface area contributed by atoms with E-state index in [9.17, 15) is 9.59 Å². The van der Waals surface area contributed by atoms with Crippen molar-refractivity contribution >= 4 is 66.8 Å². The van der Waals surface area contributed by atoms with Gasteiger partial charge in [-0.05, 0) is 23.8 Å². The van der Waals surface area contributed by atoms with E-state index in [4.69, 9.17) is 11.6 Å². The summed E-state index contributed by atoms with van der Waals surface area (Å²) in [6.07, 6.45) is 4.60. The predicted molar refractivity (Wildman–Crippen MR) is 117 cm³/mol. The second-order valence-electron chi connectivity index (χ2n) is 8.90. The lowest BCUT2D eigenvalue weighted by molar-refractivity contribution is -0.129. The maximum atomic E-state index is 13.1. The lowest BCUT2D eigenvalue weighted by Crippen LogP contribution is -2.81. The first-order valence-electron chi connectivity index (χ1n) is 9.49. The van der Waals surface area contributed by atoms with Gasteiger partial charge in [-0.3, -0.25) is 9.69 Å². The summed E-state index contributed by atoms with van der Waals surface area (Å²) in [7, 11) is 0. The number of nitrogens with zero attached hydrogens (tertiary/aromatic N) is 3. The van der Waals surface area contributed by atoms with Crippen molar-refractivity contribution in [3.63, 3.8) is 0 Å². The van der Waals surface area contributed by atoms with E-state index in [1.165, 1.54) is 0 Å². The van der Waals surface area contributed by atoms with E-state index < -0.39 is 16.7 Å². The van der Waals surface area contributed by atoms with E-state index in [0.29, 0.717) is 18.6 Å². The Morgan fingerprint density at radius 1 is 1.28 bits per heavy atom. The van der Waals surface area contributed by atoms with Crippen LogP contribution in [0.5, 0.6) is 0 Å². The average Bonchev–Trinajstić information content (AvgIpc) is 3.14. The van der Waals surface area contributed by atoms with Crippen LogP contribution in [0.4, 0.5) is 10.5 Å². The van der Waals surface area contributed by atoms with Gasteiger partial charge in [0.15, 0.2) is 5.66 Å². The zero-order valence-corrected chi connectivity index (χ0v) is 19.6. The lowest BCUT2D eigenvalue weighted by Gasteiger charge is -2.63. The molecule has 3 amide bonds. The van der Waals surface area contributed by atoms with Crippen LogP contribution >= 0.6 is 43.5 Å². The van der Waals surface area contributed by atoms with Gasteiger partial charge in [-0.15, -0.1) is 11.6 Å². The van der Waals surface area contributed by atoms with Crippen LogP contribution in [-0.4, -0.2) is 39.3 Å². The highest BCUT2D eigenvalue weighted by atomic mass is 79.9. The Labute approximate surface area is 189 Å². The minimum absolute atomic E-state index is 0.0577. The predicted octanol–water partition coefficient (Wildman–Crippen LogP) is 4.47. The van der Waals surface area contributed by atoms with E-state index in [1.54, 1.807) is 6.20 Å². The molecule has 5 heterocycles. The van der Waals surface area contributed by atoms with Crippen molar-refractivity contribution in [3.05, 3.63) is 38.9 Å². The van der Waals surface area contributed by atoms with Gasteiger partial charge in [0.05, 0.1) is 5.71 Å². The van der Waals surface area contributed by atoms with Crippen LogP contribution in [0.25, 0.3) is 0 Å². The number of alkyl halides is 1. The molecule has 1 aromatic carbocycles. The molecule has 1 aromatic rings. The molecule has 2 fully saturated rings. The van der Waals surface area contributed by atoms with Crippen molar-refractivity contribution in [3.8, 4) is 0 Å². The van der Waals surface area contributed by atoms with Gasteiger partial charge < -0.3 is 10.2 Å². The minimum atomic E-state index is -0.950. The SMILES string of the molecule is CC1(C)C(Cl)CC23C4CC(=O)N2C=CC2=NC(=O)NC21N3c1cc(Br)cc(Br)c14. The first-order chi connectivity index (χ1) is 13.6. The number of carbonyl (C=O) groups excluding carboxylic acids is 2. The Balaban J connectivity index is 1.78. The fourth-order valence-electron chi connectivity index (χ4n) is 6.18. The molecule has 29 heavy (non-hydrogen) atoms. The van der Waals surface area contributed by atoms with Crippen LogP contribution in [0.15, 0.2) is 38.3 Å². The Morgan fingerprint density at radius 2 is 2.03 bits per heavy atom. The lowest BCUT2D eigenvalue weighted by atomic mass is 9.65. The molecule has 2 bridgehead atoms. The summed E-state index contributed by atoms with van der Waals surface area (Å²) >= 11 is 14.4. The number of rotatable bonds is 0. The van der Waals surface area contributed by atoms with E-state index >= 15 is 0 Å². The molecule has 0 aliphatic carbocycles. The van der Waals surface area contributed by atoms with Crippen molar-refractivity contribution in [2.24, 2.45) is 10.4 Å². The molecule has 2 saturated heterocycles. The Hall–Kier alpha value is -1.38. The molecule has 4 atom stereocenters. The van der Waals surface area contributed by atoms with Gasteiger partial charge in [-0.2, -0.15) is 4.99 Å². The van der Waals surface area contributed by atoms with Gasteiger partial charge in [0.2, 0.25) is 5.91 Å². The van der Waals surface area contributed by atoms with E-state index in [2.05, 4.69) is 67.0 Å². The van der Waals surface area contributed by atoms with Crippen LogP contribution in [0, 0.1) is 5.41 Å². The summed E-state index contributed by atoms with van der Waals surface area (Å²) in [6, 6.07) is 3.70. The molecule has 150 valence electrons. The number of anilines is 1. The van der Waals surface area contributed by atoms with Gasteiger partial charge in [-0.1, -0.05) is 45.7 Å². The molecule has 6 rings (SSSR count). The molecule has 0 saturated carbocycles. The number of urea groups is 1. The largest absolute Gasteiger partial charge is 0.343 e. The molecular formula is C20H17Br2ClN4O2. The quantitative estimate of drug-likeness (QED) is 0.494. The zero-order chi connectivity index (χ0) is 20.5. The first-order valence-corrected chi connectivity index (χ1v) is 11.5. The van der Waals surface area contributed by atoms with Gasteiger partial charge >= 0.3 is 6.03 Å². The molecule has 0 aromatic heterocycles. The second-order valence-corrected chi connectivity index (χ2v) is 11.2. The number of nitrogens with one attached hydrogen (secondary N) is 1. The summed E-state index contributed by atoms with van der Waals surface area (Å²) in [4.78, 5) is 34.1. The number of amides is 3. The van der Waals surface area contributed by atoms with Crippen molar-refractivity contribution < 1.29 is 9.59 Å². The highest BCUT2D eigenvalue weighted by molar-refractivity contribution is 9.11. The minimum Gasteiger partial charge on any atom is -0.318 e. The van der Waals surface area contributed by atoms with Crippen LogP contribution in [0.2, 0.25) is 0 Å². The average molecular weight is 541 g/mol. The second kappa shape index (κ2) is 5.26. The third kappa shape index (κ3) is 1.80. The van der Waals surface area contributed by atoms with Crippen molar-refractivity contribution in [2.45, 2.75) is 49.3 Å². The highest BCUT2D eigenvalue weighted by Gasteiger charge is 2.76. The molecule has 9 heteroatoms. The van der Waals surface area contributed by atoms with Crippen LogP contribution in [-0.2, 0) is 4.79 Å². The topological polar surface area (TPSA) is 65.0 Å². The summed E-state index contributed by atoms with van der Waals surface area (Å²) in [6.45, 7) is 4.14. The molecule has 6 nitrogen and oxygen atoms in total. The third-order valence-corrected chi connectivity index (χ3v) is 9.28. The number of piperidine rings is 1. The monoisotopic (exact) mass is 538 g/mol. The molecule has 0 radical (unpaired) electrons. The fraction of sp³-hybridized carbons (Fsp3) is 0.450. The number of benzene rings is 1. The van der Waals surface area contributed by atoms with Crippen molar-refractivity contribution in [2.75, 3.05) is 4.90 Å². The number of aliphatic imine (C=N–C) groups is 1. The molecule has 5 aliphatic heterocycles. The Bertz CT molecular complexity index is 1100. The standard InChI is InChI=1S/C20H17Br2ClN4O2/c1-18(2)13(23)8-19-10-7-15(28)26(19)4-3-14-20(18,25-17(29)24-14)27(19)12-6-9(21)5-11(22)16(10)12/h3-6,10,13H,7-8H2,1-2H3,(H,25,29). The van der Waals surface area contributed by atoms with Crippen molar-refractivity contribution in [1.82, 2.24) is 10.2 Å². The van der Waals surface area contributed by atoms with E-state index in [0.717, 1.165) is 20.2 Å². The molecular weight excluding hydrogens is 524 g/mol. The first kappa shape index (κ1) is 18.4.